The number of hydrogen-bond donors (Lipinski definition) is 0. The van der Waals surface area contributed by atoms with E-state index in [2.05, 4.69) is 20.9 Å². The smallest absolute Gasteiger partial charge is 0.416 e. The molecule has 0 amide bonds. The highest BCUT2D eigenvalue weighted by Crippen LogP contribution is 2.31. The highest BCUT2D eigenvalue weighted by atomic mass is 79.9. The van der Waals surface area contributed by atoms with Crippen LogP contribution in [0.1, 0.15) is 17.0 Å². The van der Waals surface area contributed by atoms with Gasteiger partial charge in [-0.05, 0) is 31.2 Å². The fourth-order valence-corrected chi connectivity index (χ4v) is 2.00. The number of alkyl halides is 4. The van der Waals surface area contributed by atoms with Crippen LogP contribution < -0.4 is 0 Å². The molecule has 0 spiro atoms. The first-order valence-electron chi connectivity index (χ1n) is 5.11. The molecule has 0 N–H and O–H groups in total. The zero-order valence-corrected chi connectivity index (χ0v) is 11.0. The van der Waals surface area contributed by atoms with Crippen LogP contribution in [0.5, 0.6) is 0 Å². The van der Waals surface area contributed by atoms with E-state index < -0.39 is 11.7 Å². The molecule has 0 aliphatic heterocycles. The maximum absolute atomic E-state index is 12.4. The SMILES string of the molecule is Cc1nc(-c2ccc(C(F)(F)F)cc2)oc1CBr. The van der Waals surface area contributed by atoms with Gasteiger partial charge < -0.3 is 4.42 Å². The van der Waals surface area contributed by atoms with Gasteiger partial charge in [0.2, 0.25) is 5.89 Å². The number of oxazole rings is 1. The summed E-state index contributed by atoms with van der Waals surface area (Å²) in [7, 11) is 0. The van der Waals surface area contributed by atoms with Crippen molar-refractivity contribution in [1.82, 2.24) is 4.98 Å². The number of rotatable bonds is 2. The van der Waals surface area contributed by atoms with Gasteiger partial charge in [0.05, 0.1) is 16.6 Å². The third-order valence-electron chi connectivity index (χ3n) is 2.47. The van der Waals surface area contributed by atoms with E-state index in [-0.39, 0.29) is 0 Å². The van der Waals surface area contributed by atoms with Crippen molar-refractivity contribution >= 4 is 15.9 Å². The molecule has 18 heavy (non-hydrogen) atoms. The lowest BCUT2D eigenvalue weighted by Gasteiger charge is -2.06. The third kappa shape index (κ3) is 2.58. The summed E-state index contributed by atoms with van der Waals surface area (Å²) in [5.74, 6) is 1.00. The molecular weight excluding hydrogens is 311 g/mol. The lowest BCUT2D eigenvalue weighted by molar-refractivity contribution is -0.137. The van der Waals surface area contributed by atoms with E-state index in [0.717, 1.165) is 17.8 Å². The fraction of sp³-hybridized carbons (Fsp3) is 0.250. The van der Waals surface area contributed by atoms with Crippen LogP contribution in [0, 0.1) is 6.92 Å². The van der Waals surface area contributed by atoms with Crippen LogP contribution in [0.15, 0.2) is 28.7 Å². The summed E-state index contributed by atoms with van der Waals surface area (Å²) in [6.45, 7) is 1.79. The Labute approximate surface area is 110 Å². The van der Waals surface area contributed by atoms with Crippen molar-refractivity contribution in [3.63, 3.8) is 0 Å². The number of aryl methyl sites for hydroxylation is 1. The van der Waals surface area contributed by atoms with Gasteiger partial charge in [-0.3, -0.25) is 0 Å². The van der Waals surface area contributed by atoms with Gasteiger partial charge in [0.1, 0.15) is 5.76 Å². The van der Waals surface area contributed by atoms with Crippen LogP contribution in [-0.4, -0.2) is 4.98 Å². The first-order valence-corrected chi connectivity index (χ1v) is 6.24. The standard InChI is InChI=1S/C12H9BrF3NO/c1-7-10(6-13)18-11(17-7)8-2-4-9(5-3-8)12(14,15)16/h2-5H,6H2,1H3. The van der Waals surface area contributed by atoms with Crippen LogP contribution in [0.2, 0.25) is 0 Å². The number of hydrogen-bond acceptors (Lipinski definition) is 2. The molecule has 6 heteroatoms. The highest BCUT2D eigenvalue weighted by Gasteiger charge is 2.30. The molecule has 0 atom stereocenters. The predicted octanol–water partition coefficient (Wildman–Crippen LogP) is 4.56. The summed E-state index contributed by atoms with van der Waals surface area (Å²) in [4.78, 5) is 4.17. The number of benzene rings is 1. The Kier molecular flexibility index (Phi) is 3.47. The van der Waals surface area contributed by atoms with E-state index in [1.165, 1.54) is 12.1 Å². The van der Waals surface area contributed by atoms with Crippen LogP contribution >= 0.6 is 15.9 Å². The molecule has 0 saturated carbocycles. The van der Waals surface area contributed by atoms with Crippen LogP contribution in [0.3, 0.4) is 0 Å². The minimum absolute atomic E-state index is 0.329. The zero-order valence-electron chi connectivity index (χ0n) is 9.38. The quantitative estimate of drug-likeness (QED) is 0.758. The van der Waals surface area contributed by atoms with Gasteiger partial charge in [-0.25, -0.2) is 4.98 Å². The summed E-state index contributed by atoms with van der Waals surface area (Å²) in [5.41, 5.74) is 0.565. The maximum atomic E-state index is 12.4. The summed E-state index contributed by atoms with van der Waals surface area (Å²) in [5, 5.41) is 0.520. The molecule has 0 aliphatic rings. The zero-order chi connectivity index (χ0) is 13.3. The molecule has 0 aliphatic carbocycles. The Morgan fingerprint density at radius 1 is 1.22 bits per heavy atom. The van der Waals surface area contributed by atoms with Crippen molar-refractivity contribution in [1.29, 1.82) is 0 Å². The second-order valence-corrected chi connectivity index (χ2v) is 4.30. The van der Waals surface area contributed by atoms with E-state index in [1.807, 2.05) is 0 Å². The van der Waals surface area contributed by atoms with E-state index in [0.29, 0.717) is 22.5 Å². The number of aromatic nitrogens is 1. The summed E-state index contributed by atoms with van der Waals surface area (Å²) in [6.07, 6.45) is -4.33. The van der Waals surface area contributed by atoms with Gasteiger partial charge >= 0.3 is 6.18 Å². The van der Waals surface area contributed by atoms with E-state index in [4.69, 9.17) is 4.42 Å². The van der Waals surface area contributed by atoms with E-state index in [9.17, 15) is 13.2 Å². The van der Waals surface area contributed by atoms with Crippen molar-refractivity contribution in [2.45, 2.75) is 18.4 Å². The molecule has 0 saturated heterocycles. The second kappa shape index (κ2) is 4.76. The van der Waals surface area contributed by atoms with Gasteiger partial charge in [0.15, 0.2) is 0 Å². The van der Waals surface area contributed by atoms with Gasteiger partial charge in [-0.2, -0.15) is 13.2 Å². The summed E-state index contributed by atoms with van der Waals surface area (Å²) < 4.78 is 42.6. The maximum Gasteiger partial charge on any atom is 0.416 e. The summed E-state index contributed by atoms with van der Waals surface area (Å²) >= 11 is 3.25. The molecule has 2 aromatic rings. The molecule has 0 bridgehead atoms. The highest BCUT2D eigenvalue weighted by molar-refractivity contribution is 9.08. The molecule has 0 fully saturated rings. The first-order chi connectivity index (χ1) is 8.41. The molecule has 1 aromatic heterocycles. The minimum atomic E-state index is -4.33. The van der Waals surface area contributed by atoms with E-state index >= 15 is 0 Å². The van der Waals surface area contributed by atoms with Gasteiger partial charge in [0.25, 0.3) is 0 Å². The Bertz CT molecular complexity index is 545. The van der Waals surface area contributed by atoms with Crippen LogP contribution in [-0.2, 0) is 11.5 Å². The van der Waals surface area contributed by atoms with Crippen molar-refractivity contribution in [2.75, 3.05) is 0 Å². The Morgan fingerprint density at radius 2 is 1.83 bits per heavy atom. The van der Waals surface area contributed by atoms with Crippen molar-refractivity contribution in [2.24, 2.45) is 0 Å². The predicted molar refractivity (Wildman–Crippen MR) is 64.3 cm³/mol. The van der Waals surface area contributed by atoms with Crippen molar-refractivity contribution < 1.29 is 17.6 Å². The Hall–Kier alpha value is -1.30. The molecule has 96 valence electrons. The Morgan fingerprint density at radius 3 is 2.28 bits per heavy atom. The third-order valence-corrected chi connectivity index (χ3v) is 2.98. The lowest BCUT2D eigenvalue weighted by atomic mass is 10.1. The molecule has 1 aromatic carbocycles. The van der Waals surface area contributed by atoms with Crippen LogP contribution in [0.25, 0.3) is 11.5 Å². The van der Waals surface area contributed by atoms with Gasteiger partial charge in [0, 0.05) is 5.56 Å². The molecular formula is C12H9BrF3NO. The summed E-state index contributed by atoms with van der Waals surface area (Å²) in [6, 6.07) is 4.74. The second-order valence-electron chi connectivity index (χ2n) is 3.74. The average molecular weight is 320 g/mol. The minimum Gasteiger partial charge on any atom is -0.440 e. The molecule has 1 heterocycles. The van der Waals surface area contributed by atoms with Gasteiger partial charge in [-0.1, -0.05) is 15.9 Å². The van der Waals surface area contributed by atoms with Crippen molar-refractivity contribution in [3.8, 4) is 11.5 Å². The average Bonchev–Trinajstić information content (AvgIpc) is 2.69. The molecule has 0 unspecified atom stereocenters. The largest absolute Gasteiger partial charge is 0.440 e. The lowest BCUT2D eigenvalue weighted by Crippen LogP contribution is -2.03. The number of halogens is 4. The van der Waals surface area contributed by atoms with Crippen LogP contribution in [0.4, 0.5) is 13.2 Å². The van der Waals surface area contributed by atoms with Gasteiger partial charge in [-0.15, -0.1) is 0 Å². The van der Waals surface area contributed by atoms with E-state index in [1.54, 1.807) is 6.92 Å². The topological polar surface area (TPSA) is 26.0 Å². The normalized spacial score (nSPS) is 11.8. The Balaban J connectivity index is 2.34. The monoisotopic (exact) mass is 319 g/mol. The first kappa shape index (κ1) is 13.1. The number of nitrogens with zero attached hydrogens (tertiary/aromatic N) is 1. The molecule has 2 rings (SSSR count). The molecule has 0 radical (unpaired) electrons. The molecule has 2 nitrogen and oxygen atoms in total. The van der Waals surface area contributed by atoms with Crippen molar-refractivity contribution in [3.05, 3.63) is 41.3 Å². The fourth-order valence-electron chi connectivity index (χ4n) is 1.48.